The standard InChI is InChI=1S/C2H5.2HI.Mg/c1-2;;;/h1H2,2H3;2*1H;/q-1;;;+2/p-1. The molecule has 0 spiro atoms. The Balaban J connectivity index is -0.00000000167. The molecule has 0 aromatic rings. The smallest absolute Gasteiger partial charge is 1.00 e. The van der Waals surface area contributed by atoms with E-state index in [4.69, 9.17) is 0 Å². The zero-order chi connectivity index (χ0) is 2.00. The molecule has 0 saturated carbocycles. The third kappa shape index (κ3) is 22.4. The van der Waals surface area contributed by atoms with Gasteiger partial charge >= 0.3 is 23.1 Å². The largest absolute Gasteiger partial charge is 2.00 e. The maximum atomic E-state index is 3.25. The van der Waals surface area contributed by atoms with Crippen LogP contribution in [0.15, 0.2) is 0 Å². The molecule has 0 rings (SSSR count). The summed E-state index contributed by atoms with van der Waals surface area (Å²) in [4.78, 5) is 0. The van der Waals surface area contributed by atoms with E-state index in [1.165, 1.54) is 0 Å². The van der Waals surface area contributed by atoms with E-state index < -0.39 is 0 Å². The summed E-state index contributed by atoms with van der Waals surface area (Å²) in [5, 5.41) is 0. The van der Waals surface area contributed by atoms with E-state index in [2.05, 4.69) is 6.92 Å². The van der Waals surface area contributed by atoms with Crippen molar-refractivity contribution in [1.82, 2.24) is 0 Å². The summed E-state index contributed by atoms with van der Waals surface area (Å²) >= 11 is 0. The Bertz CT molecular complexity index is 7.61. The van der Waals surface area contributed by atoms with Gasteiger partial charge in [-0.15, -0.1) is 24.0 Å². The van der Waals surface area contributed by atoms with Gasteiger partial charge in [-0.3, -0.25) is 0 Å². The average molecular weight is 308 g/mol. The van der Waals surface area contributed by atoms with Crippen molar-refractivity contribution >= 4 is 47.0 Å². The van der Waals surface area contributed by atoms with Crippen molar-refractivity contribution in [3.63, 3.8) is 0 Å². The van der Waals surface area contributed by atoms with Crippen LogP contribution < -0.4 is 24.0 Å². The first-order valence-electron chi connectivity index (χ1n) is 0.707. The molecule has 0 aromatic heterocycles. The van der Waals surface area contributed by atoms with E-state index >= 15 is 0 Å². The second-order valence-corrected chi connectivity index (χ2v) is 0. The molecule has 3 heteroatoms. The van der Waals surface area contributed by atoms with Crippen LogP contribution in [-0.4, -0.2) is 23.1 Å². The molecule has 0 radical (unpaired) electrons. The summed E-state index contributed by atoms with van der Waals surface area (Å²) in [6.45, 7) is 5.00. The van der Waals surface area contributed by atoms with Crippen molar-refractivity contribution in [1.29, 1.82) is 0 Å². The number of rotatable bonds is 0. The van der Waals surface area contributed by atoms with Gasteiger partial charge in [-0.2, -0.15) is 6.92 Å². The molecule has 0 atom stereocenters. The van der Waals surface area contributed by atoms with Crippen molar-refractivity contribution in [2.75, 3.05) is 0 Å². The van der Waals surface area contributed by atoms with Crippen LogP contribution in [0.2, 0.25) is 0 Å². The Labute approximate surface area is 83.7 Å². The molecule has 0 fully saturated rings. The van der Waals surface area contributed by atoms with Gasteiger partial charge in [0.05, 0.1) is 0 Å². The molecule has 5 heavy (non-hydrogen) atoms. The van der Waals surface area contributed by atoms with E-state index in [0.717, 1.165) is 0 Å². The molecule has 0 aromatic carbocycles. The summed E-state index contributed by atoms with van der Waals surface area (Å²) in [5.41, 5.74) is 0. The minimum Gasteiger partial charge on any atom is -1.00 e. The summed E-state index contributed by atoms with van der Waals surface area (Å²) in [7, 11) is 0. The second kappa shape index (κ2) is 34.3. The van der Waals surface area contributed by atoms with Crippen molar-refractivity contribution in [3.05, 3.63) is 6.92 Å². The Morgan fingerprint density at radius 1 is 1.20 bits per heavy atom. The minimum atomic E-state index is 0. The summed E-state index contributed by atoms with van der Waals surface area (Å²) in [6, 6.07) is 0. The maximum Gasteiger partial charge on any atom is 2.00 e. The minimum absolute atomic E-state index is 0. The predicted molar refractivity (Wildman–Crippen MR) is 32.2 cm³/mol. The van der Waals surface area contributed by atoms with Gasteiger partial charge in [-0.25, -0.2) is 0 Å². The van der Waals surface area contributed by atoms with Crippen LogP contribution in [0.3, 0.4) is 0 Å². The Kier molecular flexibility index (Phi) is 185. The van der Waals surface area contributed by atoms with Gasteiger partial charge in [0.25, 0.3) is 0 Å². The number of halogens is 2. The molecule has 0 aliphatic carbocycles. The van der Waals surface area contributed by atoms with E-state index in [9.17, 15) is 0 Å². The van der Waals surface area contributed by atoms with Crippen LogP contribution in [-0.2, 0) is 0 Å². The van der Waals surface area contributed by atoms with Crippen molar-refractivity contribution in [2.24, 2.45) is 0 Å². The topological polar surface area (TPSA) is 0 Å². The summed E-state index contributed by atoms with van der Waals surface area (Å²) < 4.78 is 0. The van der Waals surface area contributed by atoms with Gasteiger partial charge in [0.1, 0.15) is 0 Å². The van der Waals surface area contributed by atoms with E-state index in [-0.39, 0.29) is 71.0 Å². The molecule has 0 nitrogen and oxygen atoms in total. The Morgan fingerprint density at radius 3 is 1.20 bits per heavy atom. The summed E-state index contributed by atoms with van der Waals surface area (Å²) in [6.07, 6.45) is 0. The van der Waals surface area contributed by atoms with Gasteiger partial charge < -0.3 is 30.9 Å². The zero-order valence-electron chi connectivity index (χ0n) is 3.20. The molecular formula is C2H6I2Mg. The van der Waals surface area contributed by atoms with Crippen molar-refractivity contribution in [3.8, 4) is 0 Å². The van der Waals surface area contributed by atoms with Gasteiger partial charge in [0.2, 0.25) is 0 Å². The van der Waals surface area contributed by atoms with E-state index in [0.29, 0.717) is 0 Å². The Morgan fingerprint density at radius 2 is 1.20 bits per heavy atom. The molecule has 0 aliphatic heterocycles. The van der Waals surface area contributed by atoms with E-state index in [1.807, 2.05) is 0 Å². The van der Waals surface area contributed by atoms with Crippen molar-refractivity contribution < 1.29 is 24.0 Å². The van der Waals surface area contributed by atoms with Gasteiger partial charge in [0, 0.05) is 0 Å². The van der Waals surface area contributed by atoms with Crippen LogP contribution in [0, 0.1) is 6.92 Å². The first kappa shape index (κ1) is 26.9. The fraction of sp³-hybridized carbons (Fsp3) is 0.500. The van der Waals surface area contributed by atoms with Crippen LogP contribution in [0.1, 0.15) is 6.92 Å². The maximum absolute atomic E-state index is 3.25. The molecule has 0 bridgehead atoms. The van der Waals surface area contributed by atoms with Crippen LogP contribution in [0.25, 0.3) is 0 Å². The molecular weight excluding hydrogens is 302 g/mol. The Hall–Kier alpha value is 2.23. The average Bonchev–Trinajstić information content (AvgIpc) is 1.00. The number of hydrogen-bond acceptors (Lipinski definition) is 0. The van der Waals surface area contributed by atoms with Gasteiger partial charge in [-0.1, -0.05) is 0 Å². The van der Waals surface area contributed by atoms with Gasteiger partial charge in [-0.05, 0) is 0 Å². The summed E-state index contributed by atoms with van der Waals surface area (Å²) in [5.74, 6) is 0. The second-order valence-electron chi connectivity index (χ2n) is 0. The molecule has 30 valence electrons. The van der Waals surface area contributed by atoms with Crippen LogP contribution >= 0.6 is 24.0 Å². The fourth-order valence-electron chi connectivity index (χ4n) is 0. The quantitative estimate of drug-likeness (QED) is 0.278. The monoisotopic (exact) mass is 308 g/mol. The molecule has 0 unspecified atom stereocenters. The fourth-order valence-corrected chi connectivity index (χ4v) is 0. The molecule has 0 heterocycles. The first-order valence-corrected chi connectivity index (χ1v) is 0.707. The van der Waals surface area contributed by atoms with Gasteiger partial charge in [0.15, 0.2) is 0 Å². The third-order valence-corrected chi connectivity index (χ3v) is 0. The first-order chi connectivity index (χ1) is 1.00. The number of hydrogen-bond donors (Lipinski definition) is 0. The molecule has 0 amide bonds. The molecule has 0 saturated heterocycles. The zero-order valence-corrected chi connectivity index (χ0v) is 9.10. The van der Waals surface area contributed by atoms with E-state index in [1.54, 1.807) is 6.92 Å². The SMILES string of the molecule is I.[CH2-]C.[I-].[Mg+2]. The van der Waals surface area contributed by atoms with Crippen LogP contribution in [0.5, 0.6) is 0 Å². The molecule has 0 aliphatic rings. The molecule has 0 N–H and O–H groups in total. The third-order valence-electron chi connectivity index (χ3n) is 0. The van der Waals surface area contributed by atoms with Crippen molar-refractivity contribution in [2.45, 2.75) is 6.92 Å². The van der Waals surface area contributed by atoms with Crippen LogP contribution in [0.4, 0.5) is 0 Å². The predicted octanol–water partition coefficient (Wildman–Crippen LogP) is -1.92. The normalized spacial score (nSPS) is 1.20.